The Morgan fingerprint density at radius 2 is 2.17 bits per heavy atom. The van der Waals surface area contributed by atoms with Crippen LogP contribution in [-0.4, -0.2) is 34.9 Å². The van der Waals surface area contributed by atoms with E-state index in [9.17, 15) is 28.7 Å². The molecule has 94 valence electrons. The first-order chi connectivity index (χ1) is 8.34. The number of rotatable bonds is 1. The van der Waals surface area contributed by atoms with Crippen LogP contribution in [0.2, 0.25) is 0 Å². The molecule has 0 spiro atoms. The fourth-order valence-corrected chi connectivity index (χ4v) is 1.68. The lowest BCUT2D eigenvalue weighted by Gasteiger charge is -2.28. The Hall–Kier alpha value is -2.23. The summed E-state index contributed by atoms with van der Waals surface area (Å²) in [6.45, 7) is 0. The molecule has 1 aliphatic rings. The average Bonchev–Trinajstić information content (AvgIpc) is 2.29. The normalized spacial score (nSPS) is 14.3. The van der Waals surface area contributed by atoms with Crippen molar-refractivity contribution < 1.29 is 23.5 Å². The summed E-state index contributed by atoms with van der Waals surface area (Å²) in [7, 11) is -0.558. The number of fused-ring (bicyclic) bond motifs is 1. The van der Waals surface area contributed by atoms with E-state index in [1.54, 1.807) is 0 Å². The lowest BCUT2D eigenvalue weighted by molar-refractivity contribution is -0.386. The first-order valence-corrected chi connectivity index (χ1v) is 4.72. The molecule has 18 heavy (non-hydrogen) atoms. The van der Waals surface area contributed by atoms with Gasteiger partial charge in [-0.15, -0.1) is 0 Å². The predicted octanol–water partition coefficient (Wildman–Crippen LogP) is 0.0378. The maximum atomic E-state index is 13.4. The fraction of sp³-hybridized carbons (Fsp3) is 0.125. The van der Waals surface area contributed by atoms with E-state index in [0.717, 1.165) is 11.9 Å². The second-order valence-electron chi connectivity index (χ2n) is 3.65. The van der Waals surface area contributed by atoms with Crippen molar-refractivity contribution in [3.8, 4) is 0 Å². The molecule has 0 saturated carbocycles. The third kappa shape index (κ3) is 1.58. The summed E-state index contributed by atoms with van der Waals surface area (Å²) in [5, 5.41) is 22.6. The monoisotopic (exact) mass is 257 g/mol. The largest absolute Gasteiger partial charge is 0.462 e. The molecule has 2 amide bonds. The van der Waals surface area contributed by atoms with Crippen molar-refractivity contribution in [1.82, 2.24) is 4.81 Å². The molecule has 1 aromatic carbocycles. The minimum absolute atomic E-state index is 0.323. The van der Waals surface area contributed by atoms with Gasteiger partial charge in [-0.3, -0.25) is 10.1 Å². The molecule has 0 unspecified atom stereocenters. The number of nitrogens with zero attached hydrogens (tertiary/aromatic N) is 2. The van der Waals surface area contributed by atoms with Gasteiger partial charge in [0.05, 0.1) is 16.1 Å². The Morgan fingerprint density at radius 1 is 1.56 bits per heavy atom. The summed E-state index contributed by atoms with van der Waals surface area (Å²) in [6, 6.07) is -0.193. The second kappa shape index (κ2) is 3.91. The van der Waals surface area contributed by atoms with Gasteiger partial charge in [-0.2, -0.15) is 4.39 Å². The maximum Gasteiger partial charge on any atom is 0.462 e. The molecule has 1 heterocycles. The quantitative estimate of drug-likeness (QED) is 0.421. The van der Waals surface area contributed by atoms with Crippen molar-refractivity contribution >= 4 is 29.9 Å². The smallest absolute Gasteiger partial charge is 0.428 e. The highest BCUT2D eigenvalue weighted by molar-refractivity contribution is 6.70. The first kappa shape index (κ1) is 12.2. The summed E-state index contributed by atoms with van der Waals surface area (Å²) >= 11 is 0. The van der Waals surface area contributed by atoms with E-state index in [4.69, 9.17) is 0 Å². The van der Waals surface area contributed by atoms with Crippen LogP contribution >= 0.6 is 0 Å². The number of amides is 2. The number of carbonyl (C=O) groups is 1. The summed E-state index contributed by atoms with van der Waals surface area (Å²) < 4.78 is 26.5. The number of nitro groups is 1. The zero-order valence-electron chi connectivity index (χ0n) is 8.98. The number of hydrogen-bond acceptors (Lipinski definition) is 4. The molecule has 10 heteroatoms. The van der Waals surface area contributed by atoms with Gasteiger partial charge in [-0.05, 0) is 0 Å². The van der Waals surface area contributed by atoms with Crippen LogP contribution in [-0.2, 0) is 0 Å². The van der Waals surface area contributed by atoms with Crippen LogP contribution in [0.4, 0.5) is 25.0 Å². The molecule has 0 bridgehead atoms. The van der Waals surface area contributed by atoms with Crippen molar-refractivity contribution in [2.24, 2.45) is 0 Å². The molecule has 1 aromatic rings. The van der Waals surface area contributed by atoms with E-state index in [1.807, 2.05) is 0 Å². The lowest BCUT2D eigenvalue weighted by atomic mass is 9.68. The molecular formula is C8H6BF2N3O4. The fourth-order valence-electron chi connectivity index (χ4n) is 1.68. The topological polar surface area (TPSA) is 95.7 Å². The molecule has 0 aliphatic carbocycles. The van der Waals surface area contributed by atoms with Crippen LogP contribution in [0, 0.1) is 21.7 Å². The highest BCUT2D eigenvalue weighted by atomic mass is 19.2. The van der Waals surface area contributed by atoms with Gasteiger partial charge < -0.3 is 15.2 Å². The zero-order chi connectivity index (χ0) is 13.6. The van der Waals surface area contributed by atoms with Gasteiger partial charge in [-0.25, -0.2) is 9.18 Å². The van der Waals surface area contributed by atoms with Crippen LogP contribution in [0.1, 0.15) is 0 Å². The number of urea groups is 1. The van der Waals surface area contributed by atoms with Crippen LogP contribution in [0.15, 0.2) is 6.07 Å². The van der Waals surface area contributed by atoms with Crippen molar-refractivity contribution in [3.05, 3.63) is 27.8 Å². The minimum Gasteiger partial charge on any atom is -0.428 e. The van der Waals surface area contributed by atoms with Gasteiger partial charge in [-0.1, -0.05) is 0 Å². The van der Waals surface area contributed by atoms with Crippen LogP contribution in [0.25, 0.3) is 0 Å². The Kier molecular flexibility index (Phi) is 2.66. The van der Waals surface area contributed by atoms with Crippen LogP contribution < -0.4 is 10.8 Å². The molecule has 2 rings (SSSR count). The molecule has 2 N–H and O–H groups in total. The Bertz CT molecular complexity index is 568. The first-order valence-electron chi connectivity index (χ1n) is 4.72. The van der Waals surface area contributed by atoms with Crippen molar-refractivity contribution in [1.29, 1.82) is 0 Å². The number of nitro benzene ring substituents is 1. The molecule has 7 nitrogen and oxygen atoms in total. The van der Waals surface area contributed by atoms with E-state index >= 15 is 0 Å². The maximum absolute atomic E-state index is 13.4. The lowest BCUT2D eigenvalue weighted by Crippen LogP contribution is -2.56. The minimum atomic E-state index is -1.72. The molecular weight excluding hydrogens is 251 g/mol. The van der Waals surface area contributed by atoms with Gasteiger partial charge in [0.2, 0.25) is 5.82 Å². The van der Waals surface area contributed by atoms with E-state index in [-0.39, 0.29) is 5.69 Å². The van der Waals surface area contributed by atoms with Gasteiger partial charge in [0.1, 0.15) is 0 Å². The van der Waals surface area contributed by atoms with E-state index in [2.05, 4.69) is 5.32 Å². The molecule has 1 aliphatic heterocycles. The summed E-state index contributed by atoms with van der Waals surface area (Å²) in [6.07, 6.45) is 0. The summed E-state index contributed by atoms with van der Waals surface area (Å²) in [5.74, 6) is -3.15. The SMILES string of the molecule is CN1B(O)c2c(cc(F)c(F)c2[N+](=O)[O-])NC1=O. The Morgan fingerprint density at radius 3 is 2.72 bits per heavy atom. The van der Waals surface area contributed by atoms with Gasteiger partial charge >= 0.3 is 18.8 Å². The van der Waals surface area contributed by atoms with Crippen molar-refractivity contribution in [3.63, 3.8) is 0 Å². The Labute approximate surface area is 99.3 Å². The third-order valence-corrected chi connectivity index (χ3v) is 2.60. The standard InChI is InChI=1S/C8H6BF2N3O4/c1-13-8(15)12-4-2-3(10)6(11)7(14(17)18)5(4)9(13)16/h2,16H,1H3,(H,12,15). The molecule has 0 atom stereocenters. The highest BCUT2D eigenvalue weighted by Crippen LogP contribution is 2.26. The predicted molar refractivity (Wildman–Crippen MR) is 57.4 cm³/mol. The van der Waals surface area contributed by atoms with Gasteiger partial charge in [0.25, 0.3) is 0 Å². The number of benzene rings is 1. The summed E-state index contributed by atoms with van der Waals surface area (Å²) in [4.78, 5) is 21.6. The van der Waals surface area contributed by atoms with Crippen molar-refractivity contribution in [2.45, 2.75) is 0 Å². The number of carbonyl (C=O) groups excluding carboxylic acids is 1. The van der Waals surface area contributed by atoms with Gasteiger partial charge in [0, 0.05) is 13.1 Å². The van der Waals surface area contributed by atoms with Crippen LogP contribution in [0.5, 0.6) is 0 Å². The Balaban J connectivity index is 2.76. The molecule has 0 aromatic heterocycles. The van der Waals surface area contributed by atoms with Gasteiger partial charge in [0.15, 0.2) is 5.82 Å². The molecule has 0 radical (unpaired) electrons. The van der Waals surface area contributed by atoms with Crippen LogP contribution in [0.3, 0.4) is 0 Å². The summed E-state index contributed by atoms with van der Waals surface area (Å²) in [5.41, 5.74) is -2.00. The number of anilines is 1. The average molecular weight is 257 g/mol. The highest BCUT2D eigenvalue weighted by Gasteiger charge is 2.42. The molecule has 0 saturated heterocycles. The third-order valence-electron chi connectivity index (χ3n) is 2.60. The number of halogens is 2. The zero-order valence-corrected chi connectivity index (χ0v) is 8.98. The van der Waals surface area contributed by atoms with Crippen molar-refractivity contribution in [2.75, 3.05) is 12.4 Å². The van der Waals surface area contributed by atoms with E-state index in [1.165, 1.54) is 0 Å². The number of nitrogens with one attached hydrogen (secondary N) is 1. The second-order valence-corrected chi connectivity index (χ2v) is 3.65. The number of hydrogen-bond donors (Lipinski definition) is 2. The molecule has 0 fully saturated rings. The van der Waals surface area contributed by atoms with E-state index in [0.29, 0.717) is 6.07 Å². The van der Waals surface area contributed by atoms with E-state index < -0.39 is 40.8 Å².